The van der Waals surface area contributed by atoms with Gasteiger partial charge in [0, 0.05) is 147 Å². The van der Waals surface area contributed by atoms with Gasteiger partial charge in [0.1, 0.15) is 46.0 Å². The molecule has 0 aromatic carbocycles. The SMILES string of the molecule is CCC(C)(C)Nc1cc(C)c(-c2sc(C(=O)NCC(C)(C)O)nc2C(=O)N2C3CCC2CC3)cn1.CC[C@@H](C)Nc1cc(C)c(-c2sc(C(=O)NCC(C)(C)O)nc2C(=O)N2CCC[C@@H]2C)cn1.Cc1cc(NC(C)(C)C2CC2)ncc1-c1sc(C(=O)NCC(C)(C)O)nc1C(=O)N1CCCC[C@@H]1C.Cc1cc(NCC(C)(C)C)ncc1-c1sc(C(=O)NCC(C)(C)O)nc1C(=O)N1CCC[C@@H]1C. The van der Waals surface area contributed by atoms with Crippen molar-refractivity contribution in [2.45, 2.75) is 339 Å². The number of nitrogens with one attached hydrogen (secondary N) is 8. The molecule has 32 nitrogen and oxygen atoms in total. The molecule has 0 spiro atoms. The van der Waals surface area contributed by atoms with Gasteiger partial charge >= 0.3 is 0 Å². The largest absolute Gasteiger partial charge is 0.389 e. The molecule has 6 fully saturated rings. The molecule has 1 saturated carbocycles. The molecule has 12 N–H and O–H groups in total. The Bertz CT molecular complexity index is 5660. The van der Waals surface area contributed by atoms with Gasteiger partial charge in [-0.25, -0.2) is 39.9 Å². The Morgan fingerprint density at radius 3 is 1.00 bits per heavy atom. The number of pyridine rings is 4. The molecule has 138 heavy (non-hydrogen) atoms. The Morgan fingerprint density at radius 1 is 0.399 bits per heavy atom. The average Bonchev–Trinajstić information content (AvgIpc) is 1.75. The summed E-state index contributed by atoms with van der Waals surface area (Å²) in [6, 6.07) is 9.13. The Morgan fingerprint density at radius 2 is 0.703 bits per heavy atom. The van der Waals surface area contributed by atoms with Crippen LogP contribution in [0, 0.1) is 39.0 Å². The number of likely N-dealkylation sites (tertiary alicyclic amines) is 3. The molecule has 8 aromatic heterocycles. The highest BCUT2D eigenvalue weighted by atomic mass is 32.1. The number of rotatable bonds is 31. The van der Waals surface area contributed by atoms with Gasteiger partial charge in [-0.2, -0.15) is 0 Å². The Balaban J connectivity index is 0.000000176. The minimum absolute atomic E-state index is 0.0251. The number of carbonyl (C=O) groups excluding carboxylic acids is 8. The molecule has 1 aliphatic carbocycles. The number of piperidine rings is 1. The van der Waals surface area contributed by atoms with E-state index in [1.807, 2.05) is 85.4 Å². The predicted molar refractivity (Wildman–Crippen MR) is 551 cm³/mol. The fourth-order valence-electron chi connectivity index (χ4n) is 17.0. The van der Waals surface area contributed by atoms with Gasteiger partial charge < -0.3 is 82.6 Å². The molecular formula is C102H148N20O12S4. The van der Waals surface area contributed by atoms with Crippen molar-refractivity contribution in [3.8, 4) is 41.8 Å². The molecule has 752 valence electrons. The fraction of sp³-hybridized carbons (Fsp3) is 0.608. The van der Waals surface area contributed by atoms with E-state index in [9.17, 15) is 58.8 Å². The number of hydrogen-bond acceptors (Lipinski definition) is 28. The van der Waals surface area contributed by atoms with Crippen LogP contribution in [0.4, 0.5) is 23.3 Å². The van der Waals surface area contributed by atoms with Gasteiger partial charge in [-0.05, 0) is 293 Å². The summed E-state index contributed by atoms with van der Waals surface area (Å²) >= 11 is 4.78. The monoisotopic (exact) mass is 1970 g/mol. The number of amides is 8. The smallest absolute Gasteiger partial charge is 0.280 e. The van der Waals surface area contributed by atoms with E-state index in [0.29, 0.717) is 62.5 Å². The summed E-state index contributed by atoms with van der Waals surface area (Å²) in [6.07, 6.45) is 22.4. The number of anilines is 4. The van der Waals surface area contributed by atoms with E-state index in [1.54, 1.807) is 80.2 Å². The second-order valence-electron chi connectivity index (χ2n) is 43.2. The minimum Gasteiger partial charge on any atom is -0.389 e. The predicted octanol–water partition coefficient (Wildman–Crippen LogP) is 17.0. The maximum atomic E-state index is 13.7. The van der Waals surface area contributed by atoms with Gasteiger partial charge in [0.25, 0.3) is 47.3 Å². The van der Waals surface area contributed by atoms with Crippen molar-refractivity contribution in [3.63, 3.8) is 0 Å². The molecule has 14 rings (SSSR count). The van der Waals surface area contributed by atoms with Crippen molar-refractivity contribution in [2.24, 2.45) is 11.3 Å². The van der Waals surface area contributed by atoms with Gasteiger partial charge in [0.15, 0.2) is 20.0 Å². The topological polar surface area (TPSA) is 430 Å². The van der Waals surface area contributed by atoms with Crippen molar-refractivity contribution in [3.05, 3.63) is 114 Å². The summed E-state index contributed by atoms with van der Waals surface area (Å²) in [6.45, 7) is 51.7. The zero-order valence-corrected chi connectivity index (χ0v) is 88.7. The van der Waals surface area contributed by atoms with E-state index in [0.717, 1.165) is 158 Å². The van der Waals surface area contributed by atoms with Crippen molar-refractivity contribution in [2.75, 3.05) is 73.6 Å². The number of fused-ring (bicyclic) bond motifs is 2. The van der Waals surface area contributed by atoms with Crippen molar-refractivity contribution in [1.82, 2.24) is 80.7 Å². The Labute approximate surface area is 830 Å². The van der Waals surface area contributed by atoms with Crippen LogP contribution in [0.3, 0.4) is 0 Å². The minimum atomic E-state index is -1.05. The lowest BCUT2D eigenvalue weighted by atomic mass is 9.97. The van der Waals surface area contributed by atoms with Crippen LogP contribution < -0.4 is 42.5 Å². The second kappa shape index (κ2) is 44.8. The molecule has 0 unspecified atom stereocenters. The quantitative estimate of drug-likeness (QED) is 0.0192. The van der Waals surface area contributed by atoms with Crippen LogP contribution in [0.25, 0.3) is 41.8 Å². The number of aromatic nitrogens is 8. The van der Waals surface area contributed by atoms with Crippen LogP contribution in [0.2, 0.25) is 0 Å². The maximum absolute atomic E-state index is 13.7. The molecule has 4 atom stereocenters. The summed E-state index contributed by atoms with van der Waals surface area (Å²) in [4.78, 5) is 152. The lowest BCUT2D eigenvalue weighted by Crippen LogP contribution is -2.42. The average molecular weight is 1970 g/mol. The van der Waals surface area contributed by atoms with Gasteiger partial charge in [-0.1, -0.05) is 34.6 Å². The highest BCUT2D eigenvalue weighted by molar-refractivity contribution is 7.18. The van der Waals surface area contributed by atoms with E-state index < -0.39 is 46.0 Å². The third-order valence-electron chi connectivity index (χ3n) is 25.8. The van der Waals surface area contributed by atoms with E-state index >= 15 is 0 Å². The first-order chi connectivity index (χ1) is 64.5. The molecule has 36 heteroatoms. The van der Waals surface area contributed by atoms with Gasteiger partial charge in [-0.15, -0.1) is 45.3 Å². The number of aliphatic hydroxyl groups is 4. The molecule has 6 aliphatic rings. The second-order valence-corrected chi connectivity index (χ2v) is 47.2. The van der Waals surface area contributed by atoms with Crippen molar-refractivity contribution >= 4 is 116 Å². The number of aryl methyl sites for hydroxylation is 4. The normalized spacial score (nSPS) is 18.1. The summed E-state index contributed by atoms with van der Waals surface area (Å²) in [5.74, 6) is 1.61. The zero-order valence-electron chi connectivity index (χ0n) is 85.5. The van der Waals surface area contributed by atoms with Crippen LogP contribution in [0.1, 0.15) is 345 Å². The third-order valence-corrected chi connectivity index (χ3v) is 30.2. The first kappa shape index (κ1) is 108. The van der Waals surface area contributed by atoms with E-state index in [-0.39, 0.29) is 128 Å². The van der Waals surface area contributed by atoms with E-state index in [4.69, 9.17) is 0 Å². The molecular weight excluding hydrogens is 1830 g/mol. The van der Waals surface area contributed by atoms with Gasteiger partial charge in [0.2, 0.25) is 0 Å². The van der Waals surface area contributed by atoms with Gasteiger partial charge in [-0.3, -0.25) is 38.4 Å². The summed E-state index contributed by atoms with van der Waals surface area (Å²) in [7, 11) is 0. The molecule has 2 bridgehead atoms. The van der Waals surface area contributed by atoms with Crippen LogP contribution in [-0.4, -0.2) is 249 Å². The molecule has 8 amide bonds. The number of carbonyl (C=O) groups is 8. The van der Waals surface area contributed by atoms with Gasteiger partial charge in [0.05, 0.1) is 41.9 Å². The number of thiazole rings is 4. The Kier molecular flexibility index (Phi) is 35.2. The lowest BCUT2D eigenvalue weighted by Gasteiger charge is -2.33. The number of hydrogen-bond donors (Lipinski definition) is 12. The molecule has 5 aliphatic heterocycles. The highest BCUT2D eigenvalue weighted by Gasteiger charge is 2.45. The molecule has 0 radical (unpaired) electrons. The van der Waals surface area contributed by atoms with E-state index in [1.165, 1.54) is 58.2 Å². The fourth-order valence-corrected chi connectivity index (χ4v) is 21.2. The first-order valence-corrected chi connectivity index (χ1v) is 52.0. The Hall–Kier alpha value is -10.1. The summed E-state index contributed by atoms with van der Waals surface area (Å²) in [5, 5.41) is 65.4. The zero-order chi connectivity index (χ0) is 101. The lowest BCUT2D eigenvalue weighted by molar-refractivity contribution is 0.0628. The summed E-state index contributed by atoms with van der Waals surface area (Å²) < 4.78 is 0. The molecule has 5 saturated heterocycles. The molecule has 8 aromatic rings. The first-order valence-electron chi connectivity index (χ1n) is 48.7. The van der Waals surface area contributed by atoms with Crippen molar-refractivity contribution in [1.29, 1.82) is 0 Å². The standard InChI is InChI=1S/C27H39N5O3S.C26H37N5O3S.C25H37N5O3S.C24H35N5O3S/c1-16-13-20(31-27(5,6)18-10-11-18)28-14-19(16)22-21(25(34)32-12-8-7-9-17(32)2)30-24(36-22)23(33)29-15-26(3,4)35;1-7-25(3,4)30-19-12-15(2)18(13-27-19)21-20(24(33)31-16-8-9-17(31)11-10-16)29-23(35-21)22(32)28-14-26(5,6)34;1-15-11-18(27-13-24(3,4)5)26-12-17(15)20-19(23(32)30-10-8-9-16(30)2)29-22(34-20)21(31)28-14-25(6,7)33;1-7-15(3)27-18-11-14(2)17(12-25-18)20-19(23(31)29-10-8-9-16(29)4)28-22(33-20)21(30)26-13-24(5,6)32/h13-14,17-18,35H,7-12,15H2,1-6H3,(H,28,31)(H,29,33);12-13,16-17,34H,7-11,14H2,1-6H3,(H,27,30)(H,28,32);11-12,16,33H,8-10,13-14H2,1-7H3,(H,26,27)(H,28,31);11-12,15-16,32H,7-10,13H2,1-6H3,(H,25,27)(H,26,30)/t17-;;16-;15-,16+/m0.01/s1. The van der Waals surface area contributed by atoms with Crippen LogP contribution in [0.5, 0.6) is 0 Å². The third kappa shape index (κ3) is 28.9. The van der Waals surface area contributed by atoms with Crippen LogP contribution in [-0.2, 0) is 0 Å². The maximum Gasteiger partial charge on any atom is 0.280 e. The van der Waals surface area contributed by atoms with Crippen LogP contribution >= 0.6 is 45.3 Å². The van der Waals surface area contributed by atoms with Crippen molar-refractivity contribution < 1.29 is 58.8 Å². The number of nitrogens with zero attached hydrogens (tertiary/aromatic N) is 12. The van der Waals surface area contributed by atoms with E-state index in [2.05, 4.69) is 159 Å². The van der Waals surface area contributed by atoms with Crippen LogP contribution in [0.15, 0.2) is 49.1 Å². The highest BCUT2D eigenvalue weighted by Crippen LogP contribution is 2.45. The molecule has 13 heterocycles. The summed E-state index contributed by atoms with van der Waals surface area (Å²) in [5.41, 5.74) is 4.02.